The lowest BCUT2D eigenvalue weighted by Gasteiger charge is -2.05. The van der Waals surface area contributed by atoms with Gasteiger partial charge in [0.05, 0.1) is 0 Å². The molecule has 0 aromatic rings. The smallest absolute Gasteiger partial charge is 0.335 e. The first-order valence-corrected chi connectivity index (χ1v) is 2.69. The van der Waals surface area contributed by atoms with Crippen molar-refractivity contribution in [3.8, 4) is 0 Å². The van der Waals surface area contributed by atoms with Gasteiger partial charge in [-0.15, -0.1) is 0 Å². The van der Waals surface area contributed by atoms with Gasteiger partial charge in [-0.05, 0) is 6.92 Å². The Balaban J connectivity index is 3.68. The molecule has 10 heavy (non-hydrogen) atoms. The van der Waals surface area contributed by atoms with Gasteiger partial charge in [-0.2, -0.15) is 4.39 Å². The highest BCUT2D eigenvalue weighted by molar-refractivity contribution is 5.86. The van der Waals surface area contributed by atoms with E-state index in [9.17, 15) is 9.18 Å². The first-order chi connectivity index (χ1) is 4.57. The zero-order valence-electron chi connectivity index (χ0n) is 5.63. The Kier molecular flexibility index (Phi) is 3.64. The third kappa shape index (κ3) is 3.19. The molecule has 0 amide bonds. The predicted molar refractivity (Wildman–Crippen MR) is 32.9 cm³/mol. The van der Waals surface area contributed by atoms with Gasteiger partial charge in [-0.1, -0.05) is 6.58 Å². The minimum atomic E-state index is -1.94. The van der Waals surface area contributed by atoms with Crippen molar-refractivity contribution in [2.75, 3.05) is 6.61 Å². The lowest BCUT2D eigenvalue weighted by molar-refractivity contribution is -0.156. The third-order valence-corrected chi connectivity index (χ3v) is 0.727. The van der Waals surface area contributed by atoms with E-state index in [1.54, 1.807) is 0 Å². The molecular formula is C6H9FO3. The van der Waals surface area contributed by atoms with Gasteiger partial charge in [-0.3, -0.25) is 0 Å². The summed E-state index contributed by atoms with van der Waals surface area (Å²) in [5.74, 6) is -0.832. The highest BCUT2D eigenvalue weighted by Crippen LogP contribution is 1.98. The van der Waals surface area contributed by atoms with Crippen LogP contribution < -0.4 is 0 Å². The largest absolute Gasteiger partial charge is 0.425 e. The van der Waals surface area contributed by atoms with Gasteiger partial charge in [-0.25, -0.2) is 4.79 Å². The van der Waals surface area contributed by atoms with Gasteiger partial charge in [0.2, 0.25) is 0 Å². The van der Waals surface area contributed by atoms with E-state index >= 15 is 0 Å². The molecule has 1 unspecified atom stereocenters. The summed E-state index contributed by atoms with van der Waals surface area (Å²) < 4.78 is 16.0. The van der Waals surface area contributed by atoms with Crippen molar-refractivity contribution >= 4 is 5.97 Å². The summed E-state index contributed by atoms with van der Waals surface area (Å²) in [6.07, 6.45) is -1.94. The van der Waals surface area contributed by atoms with Gasteiger partial charge in [0, 0.05) is 5.57 Å². The molecule has 0 heterocycles. The number of esters is 1. The average molecular weight is 148 g/mol. The summed E-state index contributed by atoms with van der Waals surface area (Å²) in [7, 11) is 0. The third-order valence-electron chi connectivity index (χ3n) is 0.727. The standard InChI is InChI=1S/C6H9FO3/c1-4(2)6(9)10-5(7)3-8/h5,8H,1,3H2,2H3. The fourth-order valence-electron chi connectivity index (χ4n) is 0.254. The molecule has 0 saturated heterocycles. The minimum Gasteiger partial charge on any atom is -0.425 e. The predicted octanol–water partition coefficient (Wildman–Crippen LogP) is 0.394. The second kappa shape index (κ2) is 4.00. The Bertz CT molecular complexity index is 144. The lowest BCUT2D eigenvalue weighted by Crippen LogP contribution is -2.17. The van der Waals surface area contributed by atoms with E-state index in [1.165, 1.54) is 6.92 Å². The van der Waals surface area contributed by atoms with Crippen LogP contribution in [0.15, 0.2) is 12.2 Å². The first kappa shape index (κ1) is 9.10. The van der Waals surface area contributed by atoms with Gasteiger partial charge < -0.3 is 9.84 Å². The molecule has 0 radical (unpaired) electrons. The molecule has 1 atom stereocenters. The molecule has 0 rings (SSSR count). The van der Waals surface area contributed by atoms with Crippen molar-refractivity contribution < 1.29 is 19.0 Å². The van der Waals surface area contributed by atoms with Crippen LogP contribution >= 0.6 is 0 Å². The maximum atomic E-state index is 12.0. The summed E-state index contributed by atoms with van der Waals surface area (Å²) in [5, 5.41) is 8.08. The minimum absolute atomic E-state index is 0.108. The average Bonchev–Trinajstić information content (AvgIpc) is 1.87. The molecule has 0 bridgehead atoms. The number of halogens is 1. The van der Waals surface area contributed by atoms with E-state index in [0.717, 1.165) is 0 Å². The number of carbonyl (C=O) groups is 1. The molecule has 0 aliphatic carbocycles. The van der Waals surface area contributed by atoms with E-state index < -0.39 is 18.9 Å². The van der Waals surface area contributed by atoms with Crippen LogP contribution in [0, 0.1) is 0 Å². The highest BCUT2D eigenvalue weighted by Gasteiger charge is 2.10. The number of hydrogen-bond acceptors (Lipinski definition) is 3. The molecule has 0 fully saturated rings. The summed E-state index contributed by atoms with van der Waals surface area (Å²) in [6.45, 7) is 3.79. The molecule has 0 saturated carbocycles. The second-order valence-electron chi connectivity index (χ2n) is 1.78. The van der Waals surface area contributed by atoms with Crippen molar-refractivity contribution in [3.63, 3.8) is 0 Å². The van der Waals surface area contributed by atoms with Crippen molar-refractivity contribution in [2.45, 2.75) is 13.3 Å². The van der Waals surface area contributed by atoms with Crippen LogP contribution in [0.5, 0.6) is 0 Å². The summed E-state index contributed by atoms with van der Waals surface area (Å²) >= 11 is 0. The molecule has 0 aromatic heterocycles. The number of alkyl halides is 1. The van der Waals surface area contributed by atoms with Crippen molar-refractivity contribution in [2.24, 2.45) is 0 Å². The van der Waals surface area contributed by atoms with Crippen LogP contribution in [-0.4, -0.2) is 24.0 Å². The van der Waals surface area contributed by atoms with E-state index in [2.05, 4.69) is 11.3 Å². The Morgan fingerprint density at radius 2 is 2.40 bits per heavy atom. The fourth-order valence-corrected chi connectivity index (χ4v) is 0.254. The number of hydrogen-bond donors (Lipinski definition) is 1. The van der Waals surface area contributed by atoms with E-state index in [4.69, 9.17) is 5.11 Å². The molecule has 0 aliphatic heterocycles. The summed E-state index contributed by atoms with van der Waals surface area (Å²) in [6, 6.07) is 0. The van der Waals surface area contributed by atoms with Crippen LogP contribution in [0.2, 0.25) is 0 Å². The van der Waals surface area contributed by atoms with Crippen LogP contribution in [-0.2, 0) is 9.53 Å². The number of aliphatic hydroxyl groups excluding tert-OH is 1. The van der Waals surface area contributed by atoms with Gasteiger partial charge in [0.1, 0.15) is 6.61 Å². The van der Waals surface area contributed by atoms with Gasteiger partial charge in [0.25, 0.3) is 6.36 Å². The van der Waals surface area contributed by atoms with E-state index in [0.29, 0.717) is 0 Å². The van der Waals surface area contributed by atoms with Crippen molar-refractivity contribution in [1.29, 1.82) is 0 Å². The Hall–Kier alpha value is -0.900. The summed E-state index contributed by atoms with van der Waals surface area (Å²) in [5.41, 5.74) is 0.108. The molecule has 4 heteroatoms. The number of rotatable bonds is 3. The van der Waals surface area contributed by atoms with Crippen LogP contribution in [0.3, 0.4) is 0 Å². The number of aliphatic hydroxyl groups is 1. The SMILES string of the molecule is C=C(C)C(=O)OC(F)CO. The lowest BCUT2D eigenvalue weighted by atomic mass is 10.4. The zero-order valence-corrected chi connectivity index (χ0v) is 5.63. The maximum Gasteiger partial charge on any atom is 0.335 e. The molecule has 0 aromatic carbocycles. The summed E-state index contributed by atoms with van der Waals surface area (Å²) in [4.78, 5) is 10.4. The van der Waals surface area contributed by atoms with Crippen LogP contribution in [0.1, 0.15) is 6.92 Å². The zero-order chi connectivity index (χ0) is 8.15. The monoisotopic (exact) mass is 148 g/mol. The van der Waals surface area contributed by atoms with Crippen molar-refractivity contribution in [1.82, 2.24) is 0 Å². The quantitative estimate of drug-likeness (QED) is 0.465. The van der Waals surface area contributed by atoms with Crippen LogP contribution in [0.4, 0.5) is 4.39 Å². The fraction of sp³-hybridized carbons (Fsp3) is 0.500. The number of carbonyl (C=O) groups excluding carboxylic acids is 1. The molecule has 3 nitrogen and oxygen atoms in total. The normalized spacial score (nSPS) is 12.3. The highest BCUT2D eigenvalue weighted by atomic mass is 19.1. The Labute approximate surface area is 58.1 Å². The van der Waals surface area contributed by atoms with E-state index in [-0.39, 0.29) is 5.57 Å². The molecular weight excluding hydrogens is 139 g/mol. The van der Waals surface area contributed by atoms with Crippen molar-refractivity contribution in [3.05, 3.63) is 12.2 Å². The Morgan fingerprint density at radius 3 is 2.70 bits per heavy atom. The van der Waals surface area contributed by atoms with E-state index in [1.807, 2.05) is 0 Å². The maximum absolute atomic E-state index is 12.0. The Morgan fingerprint density at radius 1 is 1.90 bits per heavy atom. The molecule has 0 aliphatic rings. The topological polar surface area (TPSA) is 46.5 Å². The van der Waals surface area contributed by atoms with Gasteiger partial charge >= 0.3 is 5.97 Å². The molecule has 58 valence electrons. The number of ether oxygens (including phenoxy) is 1. The first-order valence-electron chi connectivity index (χ1n) is 2.69. The second-order valence-corrected chi connectivity index (χ2v) is 1.78. The van der Waals surface area contributed by atoms with Gasteiger partial charge in [0.15, 0.2) is 0 Å². The molecule has 0 spiro atoms. The van der Waals surface area contributed by atoms with Crippen LogP contribution in [0.25, 0.3) is 0 Å². The molecule has 1 N–H and O–H groups in total.